The summed E-state index contributed by atoms with van der Waals surface area (Å²) in [7, 11) is 0. The Morgan fingerprint density at radius 3 is 2.48 bits per heavy atom. The van der Waals surface area contributed by atoms with E-state index in [0.717, 1.165) is 40.1 Å². The Morgan fingerprint density at radius 2 is 1.70 bits per heavy atom. The summed E-state index contributed by atoms with van der Waals surface area (Å²) in [5, 5.41) is 8.47. The Kier molecular flexibility index (Phi) is 6.54. The topological polar surface area (TPSA) is 76.1 Å². The van der Waals surface area contributed by atoms with Crippen LogP contribution < -0.4 is 10.6 Å². The Morgan fingerprint density at radius 1 is 0.939 bits per heavy atom. The van der Waals surface area contributed by atoms with Gasteiger partial charge in [-0.1, -0.05) is 54.6 Å². The lowest BCUT2D eigenvalue weighted by atomic mass is 10.0. The van der Waals surface area contributed by atoms with Gasteiger partial charge in [-0.15, -0.1) is 0 Å². The zero-order chi connectivity index (χ0) is 23.3. The maximum Gasteiger partial charge on any atom is 0.407 e. The zero-order valence-electron chi connectivity index (χ0n) is 19.1. The second-order valence-electron chi connectivity index (χ2n) is 8.82. The second-order valence-corrected chi connectivity index (χ2v) is 8.82. The Labute approximate surface area is 194 Å². The first kappa shape index (κ1) is 22.3. The molecule has 1 aromatic heterocycles. The van der Waals surface area contributed by atoms with Crippen molar-refractivity contribution in [3.8, 4) is 11.3 Å². The number of hydrogen-bond acceptors (Lipinski definition) is 5. The highest BCUT2D eigenvalue weighted by atomic mass is 16.6. The molecule has 6 heteroatoms. The molecule has 0 spiro atoms. The van der Waals surface area contributed by atoms with Crippen LogP contribution in [-0.4, -0.2) is 28.2 Å². The monoisotopic (exact) mass is 440 g/mol. The summed E-state index contributed by atoms with van der Waals surface area (Å²) in [6, 6.07) is 24.5. The standard InChI is InChI=1S/C27H28N4O2/c1-27(2,3)33-26(32)28-16-15-19-11-13-21(14-12-19)31-25-17-24(29-18-30-25)23-10-6-8-20-7-4-5-9-22(20)23/h4-14,17-18H,15-16H2,1-3H3,(H,28,32)(H,29,30,31). The Balaban J connectivity index is 1.39. The van der Waals surface area contributed by atoms with Gasteiger partial charge in [0, 0.05) is 23.9 Å². The van der Waals surface area contributed by atoms with Gasteiger partial charge in [0.2, 0.25) is 0 Å². The number of fused-ring (bicyclic) bond motifs is 1. The normalized spacial score (nSPS) is 11.2. The lowest BCUT2D eigenvalue weighted by Gasteiger charge is -2.19. The van der Waals surface area contributed by atoms with E-state index >= 15 is 0 Å². The van der Waals surface area contributed by atoms with Crippen molar-refractivity contribution in [2.24, 2.45) is 0 Å². The number of ether oxygens (including phenoxy) is 1. The van der Waals surface area contributed by atoms with E-state index in [-0.39, 0.29) is 0 Å². The molecule has 4 aromatic rings. The smallest absolute Gasteiger partial charge is 0.407 e. The van der Waals surface area contributed by atoms with E-state index in [4.69, 9.17) is 4.74 Å². The molecule has 0 atom stereocenters. The van der Waals surface area contributed by atoms with Crippen LogP contribution in [0.3, 0.4) is 0 Å². The van der Waals surface area contributed by atoms with Gasteiger partial charge >= 0.3 is 6.09 Å². The third-order valence-electron chi connectivity index (χ3n) is 5.04. The predicted octanol–water partition coefficient (Wildman–Crippen LogP) is 6.11. The van der Waals surface area contributed by atoms with Crippen molar-refractivity contribution >= 4 is 28.4 Å². The summed E-state index contributed by atoms with van der Waals surface area (Å²) >= 11 is 0. The Bertz CT molecular complexity index is 1240. The molecule has 2 N–H and O–H groups in total. The molecule has 3 aromatic carbocycles. The van der Waals surface area contributed by atoms with E-state index in [0.29, 0.717) is 6.54 Å². The maximum absolute atomic E-state index is 11.8. The molecule has 0 saturated heterocycles. The molecule has 0 radical (unpaired) electrons. The van der Waals surface area contributed by atoms with Crippen LogP contribution in [0.25, 0.3) is 22.0 Å². The van der Waals surface area contributed by atoms with E-state index < -0.39 is 11.7 Å². The minimum Gasteiger partial charge on any atom is -0.444 e. The molecule has 33 heavy (non-hydrogen) atoms. The number of carbonyl (C=O) groups is 1. The summed E-state index contributed by atoms with van der Waals surface area (Å²) < 4.78 is 5.25. The molecular formula is C27H28N4O2. The van der Waals surface area contributed by atoms with Crippen molar-refractivity contribution < 1.29 is 9.53 Å². The molecule has 4 rings (SSSR count). The number of carbonyl (C=O) groups excluding carboxylic acids is 1. The third kappa shape index (κ3) is 6.07. The highest BCUT2D eigenvalue weighted by molar-refractivity contribution is 5.96. The molecular weight excluding hydrogens is 412 g/mol. The highest BCUT2D eigenvalue weighted by Gasteiger charge is 2.15. The number of nitrogens with zero attached hydrogens (tertiary/aromatic N) is 2. The van der Waals surface area contributed by atoms with Crippen LogP contribution in [0.2, 0.25) is 0 Å². The largest absolute Gasteiger partial charge is 0.444 e. The number of nitrogens with one attached hydrogen (secondary N) is 2. The van der Waals surface area contributed by atoms with Crippen LogP contribution in [0.5, 0.6) is 0 Å². The minimum atomic E-state index is -0.494. The van der Waals surface area contributed by atoms with Crippen molar-refractivity contribution in [1.29, 1.82) is 0 Å². The molecule has 6 nitrogen and oxygen atoms in total. The van der Waals surface area contributed by atoms with Crippen molar-refractivity contribution in [3.63, 3.8) is 0 Å². The van der Waals surface area contributed by atoms with Gasteiger partial charge in [-0.2, -0.15) is 0 Å². The van der Waals surface area contributed by atoms with Crippen LogP contribution in [0.15, 0.2) is 79.1 Å². The number of aromatic nitrogens is 2. The van der Waals surface area contributed by atoms with E-state index in [1.165, 1.54) is 5.39 Å². The molecule has 1 heterocycles. The van der Waals surface area contributed by atoms with Gasteiger partial charge in [0.1, 0.15) is 17.7 Å². The summed E-state index contributed by atoms with van der Waals surface area (Å²) in [6.45, 7) is 6.06. The fourth-order valence-electron chi connectivity index (χ4n) is 3.55. The molecule has 168 valence electrons. The Hall–Kier alpha value is -3.93. The fraction of sp³-hybridized carbons (Fsp3) is 0.222. The van der Waals surface area contributed by atoms with Crippen molar-refractivity contribution in [1.82, 2.24) is 15.3 Å². The number of benzene rings is 3. The summed E-state index contributed by atoms with van der Waals surface area (Å²) in [5.74, 6) is 0.729. The minimum absolute atomic E-state index is 0.397. The molecule has 0 aliphatic carbocycles. The van der Waals surface area contributed by atoms with E-state index in [2.05, 4.69) is 44.9 Å². The maximum atomic E-state index is 11.8. The lowest BCUT2D eigenvalue weighted by molar-refractivity contribution is 0.0528. The first-order valence-electron chi connectivity index (χ1n) is 11.0. The van der Waals surface area contributed by atoms with Crippen LogP contribution in [0.4, 0.5) is 16.3 Å². The molecule has 0 saturated carbocycles. The van der Waals surface area contributed by atoms with Gasteiger partial charge in [-0.05, 0) is 55.7 Å². The lowest BCUT2D eigenvalue weighted by Crippen LogP contribution is -2.33. The third-order valence-corrected chi connectivity index (χ3v) is 5.04. The highest BCUT2D eigenvalue weighted by Crippen LogP contribution is 2.28. The number of hydrogen-bond donors (Lipinski definition) is 2. The molecule has 0 bridgehead atoms. The van der Waals surface area contributed by atoms with Crippen LogP contribution in [-0.2, 0) is 11.2 Å². The number of amides is 1. The van der Waals surface area contributed by atoms with Gasteiger partial charge in [0.15, 0.2) is 0 Å². The van der Waals surface area contributed by atoms with Gasteiger partial charge in [0.25, 0.3) is 0 Å². The predicted molar refractivity (Wildman–Crippen MR) is 133 cm³/mol. The summed E-state index contributed by atoms with van der Waals surface area (Å²) in [4.78, 5) is 20.6. The number of alkyl carbamates (subject to hydrolysis) is 1. The van der Waals surface area contributed by atoms with Gasteiger partial charge in [0.05, 0.1) is 5.69 Å². The van der Waals surface area contributed by atoms with E-state index in [9.17, 15) is 4.79 Å². The van der Waals surface area contributed by atoms with E-state index in [1.807, 2.05) is 69.3 Å². The average Bonchev–Trinajstić information content (AvgIpc) is 2.79. The molecule has 0 unspecified atom stereocenters. The van der Waals surface area contributed by atoms with Crippen LogP contribution in [0, 0.1) is 0 Å². The van der Waals surface area contributed by atoms with E-state index in [1.54, 1.807) is 6.33 Å². The quantitative estimate of drug-likeness (QED) is 0.378. The van der Waals surface area contributed by atoms with Gasteiger partial charge in [-0.25, -0.2) is 14.8 Å². The molecule has 1 amide bonds. The summed E-state index contributed by atoms with van der Waals surface area (Å²) in [6.07, 6.45) is 1.90. The number of anilines is 2. The van der Waals surface area contributed by atoms with Gasteiger partial charge in [-0.3, -0.25) is 0 Å². The van der Waals surface area contributed by atoms with Crippen molar-refractivity contribution in [2.75, 3.05) is 11.9 Å². The first-order valence-corrected chi connectivity index (χ1v) is 11.0. The average molecular weight is 441 g/mol. The second kappa shape index (κ2) is 9.69. The SMILES string of the molecule is CC(C)(C)OC(=O)NCCc1ccc(Nc2cc(-c3cccc4ccccc34)ncn2)cc1. The summed E-state index contributed by atoms with van der Waals surface area (Å²) in [5.41, 5.74) is 3.50. The molecule has 0 aliphatic rings. The van der Waals surface area contributed by atoms with Crippen LogP contribution >= 0.6 is 0 Å². The zero-order valence-corrected chi connectivity index (χ0v) is 19.1. The van der Waals surface area contributed by atoms with Crippen LogP contribution in [0.1, 0.15) is 26.3 Å². The number of rotatable bonds is 6. The molecule has 0 fully saturated rings. The fourth-order valence-corrected chi connectivity index (χ4v) is 3.55. The van der Waals surface area contributed by atoms with Crippen molar-refractivity contribution in [3.05, 3.63) is 84.7 Å². The first-order chi connectivity index (χ1) is 15.9. The van der Waals surface area contributed by atoms with Crippen molar-refractivity contribution in [2.45, 2.75) is 32.8 Å². The van der Waals surface area contributed by atoms with Gasteiger partial charge < -0.3 is 15.4 Å². The molecule has 0 aliphatic heterocycles.